The number of carbonyl (C=O) groups is 1. The van der Waals surface area contributed by atoms with Crippen LogP contribution in [0.1, 0.15) is 6.42 Å². The molecule has 9 nitrogen and oxygen atoms in total. The monoisotopic (exact) mass is 480 g/mol. The molecule has 0 aromatic heterocycles. The van der Waals surface area contributed by atoms with Crippen LogP contribution in [0.15, 0.2) is 53.4 Å². The van der Waals surface area contributed by atoms with E-state index in [-0.39, 0.29) is 47.3 Å². The first-order valence-corrected chi connectivity index (χ1v) is 13.5. The summed E-state index contributed by atoms with van der Waals surface area (Å²) < 4.78 is 62.1. The number of ether oxygens (including phenoxy) is 2. The Morgan fingerprint density at radius 2 is 1.81 bits per heavy atom. The number of anilines is 1. The van der Waals surface area contributed by atoms with Crippen LogP contribution < -0.4 is 10.1 Å². The lowest BCUT2D eigenvalue weighted by Crippen LogP contribution is -2.40. The number of para-hydroxylation sites is 1. The van der Waals surface area contributed by atoms with Gasteiger partial charge in [0.2, 0.25) is 15.9 Å². The van der Waals surface area contributed by atoms with Crippen LogP contribution in [0.3, 0.4) is 0 Å². The van der Waals surface area contributed by atoms with E-state index in [2.05, 4.69) is 5.32 Å². The molecule has 0 aliphatic carbocycles. The van der Waals surface area contributed by atoms with Crippen molar-refractivity contribution in [1.82, 2.24) is 4.31 Å². The Balaban J connectivity index is 1.65. The lowest BCUT2D eigenvalue weighted by Gasteiger charge is -2.26. The molecule has 0 radical (unpaired) electrons. The Morgan fingerprint density at radius 1 is 1.09 bits per heavy atom. The molecule has 0 bridgehead atoms. The van der Waals surface area contributed by atoms with Crippen LogP contribution >= 0.6 is 0 Å². The summed E-state index contributed by atoms with van der Waals surface area (Å²) in [6, 6.07) is 13.1. The van der Waals surface area contributed by atoms with Crippen molar-refractivity contribution in [3.8, 4) is 11.5 Å². The van der Waals surface area contributed by atoms with Gasteiger partial charge in [0.25, 0.3) is 0 Å². The molecule has 1 unspecified atom stereocenters. The molecular weight excluding hydrogens is 456 g/mol. The molecule has 4 rings (SSSR count). The fourth-order valence-corrected chi connectivity index (χ4v) is 6.82. The Morgan fingerprint density at radius 3 is 2.47 bits per heavy atom. The molecule has 2 aliphatic rings. The van der Waals surface area contributed by atoms with Crippen molar-refractivity contribution in [2.45, 2.75) is 11.3 Å². The maximum absolute atomic E-state index is 13.1. The Labute approximate surface area is 187 Å². The van der Waals surface area contributed by atoms with Gasteiger partial charge in [0, 0.05) is 13.1 Å². The second-order valence-corrected chi connectivity index (χ2v) is 11.8. The lowest BCUT2D eigenvalue weighted by molar-refractivity contribution is -0.119. The van der Waals surface area contributed by atoms with Crippen LogP contribution in [0.4, 0.5) is 5.69 Å². The van der Waals surface area contributed by atoms with Gasteiger partial charge in [-0.15, -0.1) is 0 Å². The second-order valence-electron chi connectivity index (χ2n) is 7.68. The van der Waals surface area contributed by atoms with E-state index in [0.717, 1.165) is 0 Å². The zero-order valence-electron chi connectivity index (χ0n) is 17.3. The summed E-state index contributed by atoms with van der Waals surface area (Å²) in [6.45, 7) is 1.11. The van der Waals surface area contributed by atoms with E-state index in [4.69, 9.17) is 9.47 Å². The van der Waals surface area contributed by atoms with E-state index in [0.29, 0.717) is 19.0 Å². The predicted molar refractivity (Wildman–Crippen MR) is 118 cm³/mol. The van der Waals surface area contributed by atoms with Crippen molar-refractivity contribution >= 4 is 31.5 Å². The van der Waals surface area contributed by atoms with E-state index in [1.165, 1.54) is 22.5 Å². The number of hydrogen-bond donors (Lipinski definition) is 1. The van der Waals surface area contributed by atoms with Gasteiger partial charge in [-0.05, 0) is 36.8 Å². The van der Waals surface area contributed by atoms with Crippen molar-refractivity contribution in [2.75, 3.05) is 43.1 Å². The molecule has 2 aromatic carbocycles. The van der Waals surface area contributed by atoms with Gasteiger partial charge in [0.05, 0.1) is 41.2 Å². The molecule has 11 heteroatoms. The molecule has 2 heterocycles. The summed E-state index contributed by atoms with van der Waals surface area (Å²) >= 11 is 0. The molecule has 1 N–H and O–H groups in total. The van der Waals surface area contributed by atoms with Crippen LogP contribution in [-0.4, -0.2) is 64.9 Å². The first-order valence-electron chi connectivity index (χ1n) is 10.2. The fourth-order valence-electron chi connectivity index (χ4n) is 3.64. The summed E-state index contributed by atoms with van der Waals surface area (Å²) in [7, 11) is -7.04. The van der Waals surface area contributed by atoms with Gasteiger partial charge in [0.15, 0.2) is 15.6 Å². The van der Waals surface area contributed by atoms with Gasteiger partial charge in [0.1, 0.15) is 5.75 Å². The summed E-state index contributed by atoms with van der Waals surface area (Å²) in [5, 5.41) is 2.69. The first kappa shape index (κ1) is 22.7. The number of benzene rings is 2. The molecule has 1 amide bonds. The van der Waals surface area contributed by atoms with Crippen LogP contribution in [0.25, 0.3) is 0 Å². The highest BCUT2D eigenvalue weighted by molar-refractivity contribution is 7.91. The van der Waals surface area contributed by atoms with E-state index in [1.807, 2.05) is 6.07 Å². The number of carbonyl (C=O) groups excluding carboxylic acids is 1. The van der Waals surface area contributed by atoms with Crippen LogP contribution in [-0.2, 0) is 29.4 Å². The highest BCUT2D eigenvalue weighted by Gasteiger charge is 2.34. The standard InChI is InChI=1S/C21H24N2O7S2/c24-21(16-8-13-31(25,26)15-16)22-19-14-18(32(27,28)23-9-11-29-12-10-23)6-7-20(19)30-17-4-2-1-3-5-17/h1-7,14,16H,8-13,15H2,(H,22,24). The van der Waals surface area contributed by atoms with E-state index in [1.54, 1.807) is 24.3 Å². The molecule has 2 fully saturated rings. The Hall–Kier alpha value is -2.47. The second kappa shape index (κ2) is 9.18. The fraction of sp³-hybridized carbons (Fsp3) is 0.381. The van der Waals surface area contributed by atoms with Gasteiger partial charge < -0.3 is 14.8 Å². The minimum absolute atomic E-state index is 0.00848. The summed E-state index contributed by atoms with van der Waals surface area (Å²) in [5.41, 5.74) is 0.164. The van der Waals surface area contributed by atoms with Crippen molar-refractivity contribution in [2.24, 2.45) is 5.92 Å². The molecule has 0 saturated carbocycles. The largest absolute Gasteiger partial charge is 0.455 e. The van der Waals surface area contributed by atoms with Gasteiger partial charge in [-0.2, -0.15) is 4.31 Å². The van der Waals surface area contributed by atoms with E-state index >= 15 is 0 Å². The minimum Gasteiger partial charge on any atom is -0.455 e. The number of sulfonamides is 1. The molecular formula is C21H24N2O7S2. The third-order valence-corrected chi connectivity index (χ3v) is 9.05. The van der Waals surface area contributed by atoms with Crippen molar-refractivity contribution < 1.29 is 31.1 Å². The highest BCUT2D eigenvalue weighted by atomic mass is 32.2. The molecule has 1 atom stereocenters. The quantitative estimate of drug-likeness (QED) is 0.670. The Bertz CT molecular complexity index is 1190. The molecule has 32 heavy (non-hydrogen) atoms. The summed E-state index contributed by atoms with van der Waals surface area (Å²) in [5.74, 6) is -0.667. The van der Waals surface area contributed by atoms with Crippen LogP contribution in [0.2, 0.25) is 0 Å². The molecule has 2 saturated heterocycles. The minimum atomic E-state index is -3.80. The average Bonchev–Trinajstić information content (AvgIpc) is 3.16. The van der Waals surface area contributed by atoms with Crippen LogP contribution in [0.5, 0.6) is 11.5 Å². The number of nitrogens with one attached hydrogen (secondary N) is 1. The van der Waals surface area contributed by atoms with E-state index in [9.17, 15) is 21.6 Å². The Kier molecular flexibility index (Phi) is 6.52. The molecule has 172 valence electrons. The van der Waals surface area contributed by atoms with Gasteiger partial charge >= 0.3 is 0 Å². The smallest absolute Gasteiger partial charge is 0.243 e. The number of sulfone groups is 1. The third kappa shape index (κ3) is 5.12. The summed E-state index contributed by atoms with van der Waals surface area (Å²) in [6.07, 6.45) is 0.231. The van der Waals surface area contributed by atoms with Gasteiger partial charge in [-0.1, -0.05) is 18.2 Å². The van der Waals surface area contributed by atoms with Crippen molar-refractivity contribution in [3.63, 3.8) is 0 Å². The van der Waals surface area contributed by atoms with Gasteiger partial charge in [-0.25, -0.2) is 16.8 Å². The highest BCUT2D eigenvalue weighted by Crippen LogP contribution is 2.34. The van der Waals surface area contributed by atoms with Crippen molar-refractivity contribution in [3.05, 3.63) is 48.5 Å². The normalized spacial score (nSPS) is 21.2. The zero-order chi connectivity index (χ0) is 22.8. The summed E-state index contributed by atoms with van der Waals surface area (Å²) in [4.78, 5) is 12.8. The zero-order valence-corrected chi connectivity index (χ0v) is 18.9. The van der Waals surface area contributed by atoms with Gasteiger partial charge in [-0.3, -0.25) is 4.79 Å². The molecule has 2 aliphatic heterocycles. The number of hydrogen-bond acceptors (Lipinski definition) is 7. The lowest BCUT2D eigenvalue weighted by atomic mass is 10.1. The number of nitrogens with zero attached hydrogens (tertiary/aromatic N) is 1. The topological polar surface area (TPSA) is 119 Å². The van der Waals surface area contributed by atoms with E-state index < -0.39 is 31.7 Å². The predicted octanol–water partition coefficient (Wildman–Crippen LogP) is 1.87. The number of amides is 1. The van der Waals surface area contributed by atoms with Crippen molar-refractivity contribution in [1.29, 1.82) is 0 Å². The third-order valence-electron chi connectivity index (χ3n) is 5.39. The SMILES string of the molecule is O=C(Nc1cc(S(=O)(=O)N2CCOCC2)ccc1Oc1ccccc1)C1CCS(=O)(=O)C1. The number of morpholine rings is 1. The van der Waals surface area contributed by atoms with Crippen LogP contribution in [0, 0.1) is 5.92 Å². The molecule has 0 spiro atoms. The maximum atomic E-state index is 13.1. The molecule has 2 aromatic rings. The maximum Gasteiger partial charge on any atom is 0.243 e. The number of rotatable bonds is 6. The first-order chi connectivity index (χ1) is 15.2. The average molecular weight is 481 g/mol.